The van der Waals surface area contributed by atoms with Gasteiger partial charge in [0.15, 0.2) is 0 Å². The molecule has 18 heavy (non-hydrogen) atoms. The first-order valence-electron chi connectivity index (χ1n) is 6.41. The Balaban J connectivity index is 1.92. The van der Waals surface area contributed by atoms with E-state index in [0.29, 0.717) is 12.5 Å². The standard InChI is InChI=1S/C13H18ClNO2S/c1-3-17-13(16)10-6-4-9(5-7-10)12-15-8(2)11(14)18-12/h9-10H,3-7H2,1-2H3/t9-,10-. The number of carbonyl (C=O) groups is 1. The lowest BCUT2D eigenvalue weighted by molar-refractivity contribution is -0.149. The van der Waals surface area contributed by atoms with E-state index in [2.05, 4.69) is 4.98 Å². The third-order valence-corrected chi connectivity index (χ3v) is 5.07. The minimum absolute atomic E-state index is 0.0377. The molecule has 2 rings (SSSR count). The number of carbonyl (C=O) groups excluding carboxylic acids is 1. The topological polar surface area (TPSA) is 39.2 Å². The van der Waals surface area contributed by atoms with Gasteiger partial charge in [0.1, 0.15) is 4.34 Å². The average molecular weight is 288 g/mol. The number of aromatic nitrogens is 1. The van der Waals surface area contributed by atoms with Crippen molar-refractivity contribution in [2.24, 2.45) is 5.92 Å². The molecule has 0 radical (unpaired) electrons. The maximum Gasteiger partial charge on any atom is 0.308 e. The first-order valence-corrected chi connectivity index (χ1v) is 7.60. The van der Waals surface area contributed by atoms with Gasteiger partial charge < -0.3 is 4.74 Å². The number of esters is 1. The second-order valence-corrected chi connectivity index (χ2v) is 6.34. The fourth-order valence-electron chi connectivity index (χ4n) is 2.41. The van der Waals surface area contributed by atoms with Crippen LogP contribution in [-0.4, -0.2) is 17.6 Å². The second kappa shape index (κ2) is 6.02. The Morgan fingerprint density at radius 3 is 2.61 bits per heavy atom. The Morgan fingerprint density at radius 1 is 1.44 bits per heavy atom. The van der Waals surface area contributed by atoms with Gasteiger partial charge in [0.25, 0.3) is 0 Å². The van der Waals surface area contributed by atoms with Crippen LogP contribution < -0.4 is 0 Å². The zero-order valence-electron chi connectivity index (χ0n) is 10.7. The number of hydrogen-bond acceptors (Lipinski definition) is 4. The summed E-state index contributed by atoms with van der Waals surface area (Å²) in [6.45, 7) is 4.26. The number of ether oxygens (including phenoxy) is 1. The maximum atomic E-state index is 11.6. The van der Waals surface area contributed by atoms with E-state index in [1.807, 2.05) is 13.8 Å². The molecule has 1 heterocycles. The van der Waals surface area contributed by atoms with Crippen LogP contribution in [0.25, 0.3) is 0 Å². The van der Waals surface area contributed by atoms with Crippen molar-refractivity contribution in [3.8, 4) is 0 Å². The molecule has 0 aliphatic heterocycles. The van der Waals surface area contributed by atoms with Crippen molar-refractivity contribution in [2.75, 3.05) is 6.61 Å². The van der Waals surface area contributed by atoms with Gasteiger partial charge in [0.05, 0.1) is 23.2 Å². The number of hydrogen-bond donors (Lipinski definition) is 0. The minimum atomic E-state index is -0.0377. The van der Waals surface area contributed by atoms with E-state index in [1.54, 1.807) is 11.3 Å². The molecule has 0 aromatic carbocycles. The van der Waals surface area contributed by atoms with Crippen molar-refractivity contribution in [2.45, 2.75) is 45.4 Å². The van der Waals surface area contributed by atoms with E-state index < -0.39 is 0 Å². The highest BCUT2D eigenvalue weighted by molar-refractivity contribution is 7.16. The van der Waals surface area contributed by atoms with Crippen LogP contribution >= 0.6 is 22.9 Å². The fourth-order valence-corrected chi connectivity index (χ4v) is 3.65. The molecule has 0 bridgehead atoms. The first kappa shape index (κ1) is 13.8. The normalized spacial score (nSPS) is 23.9. The monoisotopic (exact) mass is 287 g/mol. The van der Waals surface area contributed by atoms with E-state index in [0.717, 1.165) is 40.7 Å². The van der Waals surface area contributed by atoms with E-state index in [1.165, 1.54) is 0 Å². The van der Waals surface area contributed by atoms with Crippen LogP contribution in [0.15, 0.2) is 0 Å². The predicted molar refractivity (Wildman–Crippen MR) is 73.2 cm³/mol. The lowest BCUT2D eigenvalue weighted by atomic mass is 9.82. The average Bonchev–Trinajstić information content (AvgIpc) is 2.70. The van der Waals surface area contributed by atoms with Gasteiger partial charge in [0, 0.05) is 5.92 Å². The molecule has 100 valence electrons. The quantitative estimate of drug-likeness (QED) is 0.791. The smallest absolute Gasteiger partial charge is 0.308 e. The first-order chi connectivity index (χ1) is 8.61. The van der Waals surface area contributed by atoms with Gasteiger partial charge in [-0.25, -0.2) is 4.98 Å². The number of thiazole rings is 1. The number of nitrogens with zero attached hydrogens (tertiary/aromatic N) is 1. The van der Waals surface area contributed by atoms with Crippen LogP contribution in [0.5, 0.6) is 0 Å². The van der Waals surface area contributed by atoms with Gasteiger partial charge in [-0.3, -0.25) is 4.79 Å². The summed E-state index contributed by atoms with van der Waals surface area (Å²) in [5.41, 5.74) is 0.921. The van der Waals surface area contributed by atoms with E-state index in [9.17, 15) is 4.79 Å². The van der Waals surface area contributed by atoms with Crippen molar-refractivity contribution < 1.29 is 9.53 Å². The second-order valence-electron chi connectivity index (χ2n) is 4.71. The maximum absolute atomic E-state index is 11.6. The van der Waals surface area contributed by atoms with Crippen molar-refractivity contribution in [1.82, 2.24) is 4.98 Å². The van der Waals surface area contributed by atoms with E-state index in [-0.39, 0.29) is 11.9 Å². The number of aryl methyl sites for hydroxylation is 1. The number of rotatable bonds is 3. The third kappa shape index (κ3) is 3.04. The van der Waals surface area contributed by atoms with Gasteiger partial charge in [-0.2, -0.15) is 0 Å². The third-order valence-electron chi connectivity index (χ3n) is 3.45. The molecule has 1 aliphatic carbocycles. The van der Waals surface area contributed by atoms with Crippen molar-refractivity contribution in [3.05, 3.63) is 15.0 Å². The Morgan fingerprint density at radius 2 is 2.11 bits per heavy atom. The van der Waals surface area contributed by atoms with Crippen molar-refractivity contribution in [1.29, 1.82) is 0 Å². The Hall–Kier alpha value is -0.610. The van der Waals surface area contributed by atoms with Gasteiger partial charge in [-0.1, -0.05) is 11.6 Å². The molecular weight excluding hydrogens is 270 g/mol. The van der Waals surface area contributed by atoms with Gasteiger partial charge in [0.2, 0.25) is 0 Å². The summed E-state index contributed by atoms with van der Waals surface area (Å²) >= 11 is 7.63. The SMILES string of the molecule is CCOC(=O)[C@H]1CC[C@H](c2nc(C)c(Cl)s2)CC1. The van der Waals surface area contributed by atoms with E-state index >= 15 is 0 Å². The molecule has 0 unspecified atom stereocenters. The summed E-state index contributed by atoms with van der Waals surface area (Å²) in [5, 5.41) is 1.12. The van der Waals surface area contributed by atoms with Gasteiger partial charge >= 0.3 is 5.97 Å². The van der Waals surface area contributed by atoms with Crippen molar-refractivity contribution >= 4 is 28.9 Å². The summed E-state index contributed by atoms with van der Waals surface area (Å²) in [6, 6.07) is 0. The molecule has 3 nitrogen and oxygen atoms in total. The Bertz CT molecular complexity index is 405. The zero-order chi connectivity index (χ0) is 13.1. The van der Waals surface area contributed by atoms with E-state index in [4.69, 9.17) is 16.3 Å². The molecule has 0 N–H and O–H groups in total. The van der Waals surface area contributed by atoms with Crippen LogP contribution in [0.3, 0.4) is 0 Å². The molecule has 5 heteroatoms. The van der Waals surface area contributed by atoms with Crippen molar-refractivity contribution in [3.63, 3.8) is 0 Å². The fraction of sp³-hybridized carbons (Fsp3) is 0.692. The zero-order valence-corrected chi connectivity index (χ0v) is 12.3. The molecule has 1 fully saturated rings. The molecular formula is C13H18ClNO2S. The van der Waals surface area contributed by atoms with Crippen LogP contribution in [0.2, 0.25) is 4.34 Å². The van der Waals surface area contributed by atoms with Crippen LogP contribution in [-0.2, 0) is 9.53 Å². The molecule has 1 aliphatic rings. The van der Waals surface area contributed by atoms with Crippen LogP contribution in [0, 0.1) is 12.8 Å². The predicted octanol–water partition coefficient (Wildman–Crippen LogP) is 3.94. The van der Waals surface area contributed by atoms with Gasteiger partial charge in [-0.15, -0.1) is 11.3 Å². The highest BCUT2D eigenvalue weighted by Crippen LogP contribution is 2.39. The summed E-state index contributed by atoms with van der Waals surface area (Å²) in [6.07, 6.45) is 3.82. The lowest BCUT2D eigenvalue weighted by Gasteiger charge is -2.25. The van der Waals surface area contributed by atoms with Gasteiger partial charge in [-0.05, 0) is 39.5 Å². The molecule has 0 amide bonds. The molecule has 0 spiro atoms. The largest absolute Gasteiger partial charge is 0.466 e. The highest BCUT2D eigenvalue weighted by Gasteiger charge is 2.29. The molecule has 1 saturated carbocycles. The van der Waals surface area contributed by atoms with Crippen LogP contribution in [0.4, 0.5) is 0 Å². The molecule has 1 aromatic rings. The number of halogens is 1. The minimum Gasteiger partial charge on any atom is -0.466 e. The molecule has 0 saturated heterocycles. The highest BCUT2D eigenvalue weighted by atomic mass is 35.5. The summed E-state index contributed by atoms with van der Waals surface area (Å²) in [7, 11) is 0. The summed E-state index contributed by atoms with van der Waals surface area (Å²) in [4.78, 5) is 16.2. The summed E-state index contributed by atoms with van der Waals surface area (Å²) in [5.74, 6) is 0.508. The molecule has 1 aromatic heterocycles. The Labute approximate surface area is 117 Å². The molecule has 0 atom stereocenters. The Kier molecular flexibility index (Phi) is 4.62. The van der Waals surface area contributed by atoms with Crippen LogP contribution in [0.1, 0.15) is 49.2 Å². The summed E-state index contributed by atoms with van der Waals surface area (Å²) < 4.78 is 5.86. The lowest BCUT2D eigenvalue weighted by Crippen LogP contribution is -2.23.